The summed E-state index contributed by atoms with van der Waals surface area (Å²) in [6, 6.07) is 10.1. The third kappa shape index (κ3) is 2.87. The molecule has 2 rings (SSSR count). The molecule has 0 saturated carbocycles. The number of aliphatic hydroxyl groups excluding tert-OH is 1. The highest BCUT2D eigenvalue weighted by atomic mass is 16.3. The third-order valence-corrected chi connectivity index (χ3v) is 4.14. The minimum Gasteiger partial charge on any atom is -0.396 e. The molecule has 0 bridgehead atoms. The lowest BCUT2D eigenvalue weighted by molar-refractivity contribution is 0.127. The third-order valence-electron chi connectivity index (χ3n) is 4.14. The summed E-state index contributed by atoms with van der Waals surface area (Å²) in [6.07, 6.45) is 3.76. The quantitative estimate of drug-likeness (QED) is 0.834. The average molecular weight is 258 g/mol. The molecule has 3 heteroatoms. The van der Waals surface area contributed by atoms with Gasteiger partial charge in [0, 0.05) is 29.2 Å². The Balaban J connectivity index is 2.22. The summed E-state index contributed by atoms with van der Waals surface area (Å²) in [5, 5.41) is 14.2. The van der Waals surface area contributed by atoms with E-state index in [0.717, 1.165) is 36.0 Å². The SMILES string of the molecule is CCC(CC)(CO)CNc1ccnc2ccccc12. The zero-order chi connectivity index (χ0) is 13.7. The minimum atomic E-state index is -0.0373. The number of pyridine rings is 1. The van der Waals surface area contributed by atoms with Crippen LogP contribution >= 0.6 is 0 Å². The van der Waals surface area contributed by atoms with Crippen LogP contribution in [0.25, 0.3) is 10.9 Å². The molecular formula is C16H22N2O. The van der Waals surface area contributed by atoms with Gasteiger partial charge in [0.25, 0.3) is 0 Å². The lowest BCUT2D eigenvalue weighted by Crippen LogP contribution is -2.32. The molecule has 1 heterocycles. The molecule has 0 radical (unpaired) electrons. The van der Waals surface area contributed by atoms with Crippen LogP contribution in [0.2, 0.25) is 0 Å². The Kier molecular flexibility index (Phi) is 4.38. The largest absolute Gasteiger partial charge is 0.396 e. The van der Waals surface area contributed by atoms with Crippen molar-refractivity contribution in [3.63, 3.8) is 0 Å². The van der Waals surface area contributed by atoms with Gasteiger partial charge in [-0.3, -0.25) is 4.98 Å². The summed E-state index contributed by atoms with van der Waals surface area (Å²) >= 11 is 0. The molecule has 0 aliphatic heterocycles. The van der Waals surface area contributed by atoms with Crippen molar-refractivity contribution in [3.05, 3.63) is 36.5 Å². The van der Waals surface area contributed by atoms with Gasteiger partial charge in [0.2, 0.25) is 0 Å². The average Bonchev–Trinajstić information content (AvgIpc) is 2.49. The highest BCUT2D eigenvalue weighted by Crippen LogP contribution is 2.28. The van der Waals surface area contributed by atoms with E-state index >= 15 is 0 Å². The van der Waals surface area contributed by atoms with Crippen molar-refractivity contribution in [2.24, 2.45) is 5.41 Å². The van der Waals surface area contributed by atoms with Gasteiger partial charge in [0.1, 0.15) is 0 Å². The molecule has 0 aliphatic carbocycles. The van der Waals surface area contributed by atoms with Crippen LogP contribution in [-0.2, 0) is 0 Å². The van der Waals surface area contributed by atoms with Gasteiger partial charge in [0.05, 0.1) is 12.1 Å². The normalized spacial score (nSPS) is 11.7. The van der Waals surface area contributed by atoms with Crippen LogP contribution in [-0.4, -0.2) is 23.2 Å². The van der Waals surface area contributed by atoms with Crippen LogP contribution in [0, 0.1) is 5.41 Å². The van der Waals surface area contributed by atoms with E-state index in [1.165, 1.54) is 0 Å². The number of aliphatic hydroxyl groups is 1. The number of nitrogens with one attached hydrogen (secondary N) is 1. The summed E-state index contributed by atoms with van der Waals surface area (Å²) < 4.78 is 0. The zero-order valence-corrected chi connectivity index (χ0v) is 11.7. The highest BCUT2D eigenvalue weighted by Gasteiger charge is 2.25. The van der Waals surface area contributed by atoms with E-state index in [1.807, 2.05) is 30.5 Å². The van der Waals surface area contributed by atoms with E-state index in [0.29, 0.717) is 0 Å². The van der Waals surface area contributed by atoms with Crippen molar-refractivity contribution in [1.82, 2.24) is 4.98 Å². The number of rotatable bonds is 6. The fourth-order valence-electron chi connectivity index (χ4n) is 2.31. The van der Waals surface area contributed by atoms with Gasteiger partial charge in [0.15, 0.2) is 0 Å². The Morgan fingerprint density at radius 3 is 2.58 bits per heavy atom. The number of aromatic nitrogens is 1. The van der Waals surface area contributed by atoms with Crippen molar-refractivity contribution in [2.45, 2.75) is 26.7 Å². The number of hydrogen-bond acceptors (Lipinski definition) is 3. The first-order valence-electron chi connectivity index (χ1n) is 6.93. The molecular weight excluding hydrogens is 236 g/mol. The second-order valence-electron chi connectivity index (χ2n) is 5.09. The number of nitrogens with zero attached hydrogens (tertiary/aromatic N) is 1. The molecule has 0 amide bonds. The smallest absolute Gasteiger partial charge is 0.0722 e. The van der Waals surface area contributed by atoms with E-state index in [1.54, 1.807) is 0 Å². The van der Waals surface area contributed by atoms with Gasteiger partial charge in [-0.25, -0.2) is 0 Å². The monoisotopic (exact) mass is 258 g/mol. The Morgan fingerprint density at radius 1 is 1.16 bits per heavy atom. The number of fused-ring (bicyclic) bond motifs is 1. The van der Waals surface area contributed by atoms with Crippen LogP contribution < -0.4 is 5.32 Å². The first-order valence-corrected chi connectivity index (χ1v) is 6.93. The molecule has 1 aromatic heterocycles. The van der Waals surface area contributed by atoms with E-state index in [4.69, 9.17) is 0 Å². The molecule has 0 fully saturated rings. The fourth-order valence-corrected chi connectivity index (χ4v) is 2.31. The van der Waals surface area contributed by atoms with E-state index in [2.05, 4.69) is 30.2 Å². The minimum absolute atomic E-state index is 0.0373. The maximum absolute atomic E-state index is 9.62. The standard InChI is InChI=1S/C16H22N2O/c1-3-16(4-2,12-19)11-18-15-9-10-17-14-8-6-5-7-13(14)15/h5-10,19H,3-4,11-12H2,1-2H3,(H,17,18). The van der Waals surface area contributed by atoms with Crippen molar-refractivity contribution in [1.29, 1.82) is 0 Å². The van der Waals surface area contributed by atoms with Gasteiger partial charge in [-0.2, -0.15) is 0 Å². The molecule has 102 valence electrons. The van der Waals surface area contributed by atoms with E-state index < -0.39 is 0 Å². The molecule has 3 nitrogen and oxygen atoms in total. The molecule has 0 aliphatic rings. The molecule has 0 spiro atoms. The molecule has 19 heavy (non-hydrogen) atoms. The second-order valence-corrected chi connectivity index (χ2v) is 5.09. The topological polar surface area (TPSA) is 45.1 Å². The van der Waals surface area contributed by atoms with E-state index in [-0.39, 0.29) is 12.0 Å². The number of hydrogen-bond donors (Lipinski definition) is 2. The Bertz CT molecular complexity index is 522. The number of para-hydroxylation sites is 1. The van der Waals surface area contributed by atoms with Gasteiger partial charge >= 0.3 is 0 Å². The van der Waals surface area contributed by atoms with Crippen molar-refractivity contribution >= 4 is 16.6 Å². The molecule has 0 saturated heterocycles. The molecule has 1 aromatic carbocycles. The maximum Gasteiger partial charge on any atom is 0.0722 e. The van der Waals surface area contributed by atoms with Gasteiger partial charge in [-0.05, 0) is 25.0 Å². The first kappa shape index (κ1) is 13.8. The van der Waals surface area contributed by atoms with Crippen molar-refractivity contribution < 1.29 is 5.11 Å². The maximum atomic E-state index is 9.62. The Labute approximate surface area is 114 Å². The van der Waals surface area contributed by atoms with Gasteiger partial charge in [-0.1, -0.05) is 32.0 Å². The van der Waals surface area contributed by atoms with Crippen LogP contribution in [0.15, 0.2) is 36.5 Å². The van der Waals surface area contributed by atoms with Gasteiger partial charge in [-0.15, -0.1) is 0 Å². The summed E-state index contributed by atoms with van der Waals surface area (Å²) in [4.78, 5) is 4.36. The second kappa shape index (κ2) is 6.02. The van der Waals surface area contributed by atoms with E-state index in [9.17, 15) is 5.11 Å². The number of benzene rings is 1. The molecule has 2 N–H and O–H groups in total. The molecule has 2 aromatic rings. The molecule has 0 atom stereocenters. The summed E-state index contributed by atoms with van der Waals surface area (Å²) in [5.74, 6) is 0. The van der Waals surface area contributed by atoms with Crippen LogP contribution in [0.5, 0.6) is 0 Å². The van der Waals surface area contributed by atoms with Gasteiger partial charge < -0.3 is 10.4 Å². The lowest BCUT2D eigenvalue weighted by atomic mass is 9.83. The lowest BCUT2D eigenvalue weighted by Gasteiger charge is -2.30. The first-order chi connectivity index (χ1) is 9.24. The van der Waals surface area contributed by atoms with Crippen molar-refractivity contribution in [3.8, 4) is 0 Å². The molecule has 0 unspecified atom stereocenters. The fraction of sp³-hybridized carbons (Fsp3) is 0.438. The van der Waals surface area contributed by atoms with Crippen molar-refractivity contribution in [2.75, 3.05) is 18.5 Å². The van der Waals surface area contributed by atoms with Crippen LogP contribution in [0.1, 0.15) is 26.7 Å². The van der Waals surface area contributed by atoms with Crippen LogP contribution in [0.4, 0.5) is 5.69 Å². The Morgan fingerprint density at radius 2 is 1.89 bits per heavy atom. The van der Waals surface area contributed by atoms with Crippen LogP contribution in [0.3, 0.4) is 0 Å². The number of anilines is 1. The Hall–Kier alpha value is -1.61. The highest BCUT2D eigenvalue weighted by molar-refractivity contribution is 5.90. The predicted octanol–water partition coefficient (Wildman–Crippen LogP) is 3.45. The summed E-state index contributed by atoms with van der Waals surface area (Å²) in [7, 11) is 0. The zero-order valence-electron chi connectivity index (χ0n) is 11.7. The summed E-state index contributed by atoms with van der Waals surface area (Å²) in [5.41, 5.74) is 2.05. The summed E-state index contributed by atoms with van der Waals surface area (Å²) in [6.45, 7) is 5.26. The predicted molar refractivity (Wildman–Crippen MR) is 80.3 cm³/mol.